The molecule has 1 aliphatic rings. The molecular formula is C12H13NO5. The Morgan fingerprint density at radius 2 is 1.44 bits per heavy atom. The van der Waals surface area contributed by atoms with Gasteiger partial charge in [0.2, 0.25) is 5.91 Å². The highest BCUT2D eigenvalue weighted by molar-refractivity contribution is 5.96. The van der Waals surface area contributed by atoms with Crippen molar-refractivity contribution in [3.63, 3.8) is 0 Å². The van der Waals surface area contributed by atoms with Crippen LogP contribution in [0.25, 0.3) is 0 Å². The van der Waals surface area contributed by atoms with Gasteiger partial charge < -0.3 is 15.5 Å². The summed E-state index contributed by atoms with van der Waals surface area (Å²) < 4.78 is 0. The van der Waals surface area contributed by atoms with Crippen molar-refractivity contribution in [3.05, 3.63) is 36.5 Å². The third-order valence-electron chi connectivity index (χ3n) is 2.44. The van der Waals surface area contributed by atoms with E-state index in [2.05, 4.69) is 5.32 Å². The van der Waals surface area contributed by atoms with Crippen molar-refractivity contribution in [1.82, 2.24) is 5.32 Å². The summed E-state index contributed by atoms with van der Waals surface area (Å²) in [5.41, 5.74) is -1.58. The summed E-state index contributed by atoms with van der Waals surface area (Å²) in [7, 11) is 0. The van der Waals surface area contributed by atoms with Crippen molar-refractivity contribution in [2.45, 2.75) is 12.5 Å². The average Bonchev–Trinajstić information content (AvgIpc) is 2.41. The van der Waals surface area contributed by atoms with Gasteiger partial charge in [-0.25, -0.2) is 0 Å². The van der Waals surface area contributed by atoms with E-state index in [-0.39, 0.29) is 0 Å². The topological polar surface area (TPSA) is 104 Å². The fourth-order valence-corrected chi connectivity index (χ4v) is 1.78. The van der Waals surface area contributed by atoms with Crippen LogP contribution in [0.5, 0.6) is 0 Å². The molecule has 0 saturated carbocycles. The summed E-state index contributed by atoms with van der Waals surface area (Å²) in [6.07, 6.45) is 8.91. The molecule has 6 nitrogen and oxygen atoms in total. The maximum Gasteiger partial charge on any atom is 0.321 e. The maximum atomic E-state index is 11.2. The number of hydrogen-bond acceptors (Lipinski definition) is 3. The average molecular weight is 251 g/mol. The van der Waals surface area contributed by atoms with Crippen LogP contribution < -0.4 is 5.32 Å². The summed E-state index contributed by atoms with van der Waals surface area (Å²) in [6.45, 7) is 1.20. The van der Waals surface area contributed by atoms with Crippen LogP contribution in [0, 0.1) is 5.92 Å². The molecule has 0 aromatic heterocycles. The van der Waals surface area contributed by atoms with E-state index in [4.69, 9.17) is 10.2 Å². The number of allylic oxidation sites excluding steroid dienone is 4. The van der Waals surface area contributed by atoms with E-state index in [0.29, 0.717) is 0 Å². The minimum Gasteiger partial charge on any atom is -0.481 e. The predicted octanol–water partition coefficient (Wildman–Crippen LogP) is 0.329. The Balaban J connectivity index is 3.30. The molecule has 0 radical (unpaired) electrons. The molecule has 0 aromatic carbocycles. The van der Waals surface area contributed by atoms with Crippen LogP contribution in [0.4, 0.5) is 0 Å². The molecular weight excluding hydrogens is 238 g/mol. The molecule has 18 heavy (non-hydrogen) atoms. The molecule has 96 valence electrons. The lowest BCUT2D eigenvalue weighted by Crippen LogP contribution is -2.55. The standard InChI is InChI=1S/C12H13NO5/c1-8(14)13-12(6-4-2-3-5-7-12)9(10(15)16)11(17)18/h2-7,9H,1H3,(H,13,14)(H,15,16)(H,17,18). The lowest BCUT2D eigenvalue weighted by Gasteiger charge is -2.31. The molecule has 0 spiro atoms. The van der Waals surface area contributed by atoms with Crippen molar-refractivity contribution in [1.29, 1.82) is 0 Å². The summed E-state index contributed by atoms with van der Waals surface area (Å²) in [5.74, 6) is -5.35. The Kier molecular flexibility index (Phi) is 4.04. The normalized spacial score (nSPS) is 16.3. The first kappa shape index (κ1) is 13.7. The lowest BCUT2D eigenvalue weighted by molar-refractivity contribution is -0.156. The number of aliphatic carboxylic acids is 2. The number of amides is 1. The van der Waals surface area contributed by atoms with E-state index in [1.807, 2.05) is 0 Å². The molecule has 0 fully saturated rings. The Morgan fingerprint density at radius 1 is 1.00 bits per heavy atom. The monoisotopic (exact) mass is 251 g/mol. The number of nitrogens with one attached hydrogen (secondary N) is 1. The first-order valence-electron chi connectivity index (χ1n) is 5.17. The number of hydrogen-bond donors (Lipinski definition) is 3. The number of carboxylic acid groups (broad SMARTS) is 2. The fraction of sp³-hybridized carbons (Fsp3) is 0.250. The molecule has 1 rings (SSSR count). The molecule has 0 aliphatic heterocycles. The van der Waals surface area contributed by atoms with Crippen molar-refractivity contribution in [2.24, 2.45) is 5.92 Å². The zero-order valence-corrected chi connectivity index (χ0v) is 9.66. The number of carboxylic acids is 2. The maximum absolute atomic E-state index is 11.2. The summed E-state index contributed by atoms with van der Waals surface area (Å²) in [4.78, 5) is 33.4. The van der Waals surface area contributed by atoms with Gasteiger partial charge in [0.05, 0.1) is 0 Å². The van der Waals surface area contributed by atoms with Gasteiger partial charge in [-0.05, 0) is 0 Å². The highest BCUT2D eigenvalue weighted by Crippen LogP contribution is 2.24. The van der Waals surface area contributed by atoms with E-state index in [0.717, 1.165) is 0 Å². The largest absolute Gasteiger partial charge is 0.481 e. The third kappa shape index (κ3) is 2.85. The Bertz CT molecular complexity index is 431. The smallest absolute Gasteiger partial charge is 0.321 e. The summed E-state index contributed by atoms with van der Waals surface area (Å²) in [5, 5.41) is 20.5. The van der Waals surface area contributed by atoms with E-state index in [1.54, 1.807) is 12.2 Å². The number of rotatable bonds is 4. The molecule has 1 amide bonds. The lowest BCUT2D eigenvalue weighted by atomic mass is 9.83. The van der Waals surface area contributed by atoms with Gasteiger partial charge in [-0.15, -0.1) is 0 Å². The molecule has 6 heteroatoms. The number of carbonyl (C=O) groups is 3. The van der Waals surface area contributed by atoms with Gasteiger partial charge in [0.1, 0.15) is 5.54 Å². The van der Waals surface area contributed by atoms with Gasteiger partial charge in [0.15, 0.2) is 5.92 Å². The highest BCUT2D eigenvalue weighted by Gasteiger charge is 2.45. The van der Waals surface area contributed by atoms with E-state index in [1.165, 1.54) is 31.2 Å². The third-order valence-corrected chi connectivity index (χ3v) is 2.44. The zero-order chi connectivity index (χ0) is 13.8. The minimum absolute atomic E-state index is 0.515. The van der Waals surface area contributed by atoms with E-state index < -0.39 is 29.3 Å². The molecule has 0 heterocycles. The van der Waals surface area contributed by atoms with E-state index >= 15 is 0 Å². The Labute approximate surface area is 103 Å². The first-order valence-corrected chi connectivity index (χ1v) is 5.17. The van der Waals surface area contributed by atoms with Crippen molar-refractivity contribution < 1.29 is 24.6 Å². The molecule has 0 unspecified atom stereocenters. The van der Waals surface area contributed by atoms with Crippen LogP contribution in [0.15, 0.2) is 36.5 Å². The van der Waals surface area contributed by atoms with Crippen LogP contribution >= 0.6 is 0 Å². The fourth-order valence-electron chi connectivity index (χ4n) is 1.78. The van der Waals surface area contributed by atoms with Crippen LogP contribution in [-0.4, -0.2) is 33.6 Å². The first-order chi connectivity index (χ1) is 8.39. The quantitative estimate of drug-likeness (QED) is 0.624. The Morgan fingerprint density at radius 3 is 1.78 bits per heavy atom. The predicted molar refractivity (Wildman–Crippen MR) is 62.7 cm³/mol. The van der Waals surface area contributed by atoms with Gasteiger partial charge in [0.25, 0.3) is 0 Å². The second-order valence-electron chi connectivity index (χ2n) is 3.83. The SMILES string of the molecule is CC(=O)NC1(C(C(=O)O)C(=O)O)C=CC=CC=C1. The van der Waals surface area contributed by atoms with Crippen molar-refractivity contribution in [3.8, 4) is 0 Å². The van der Waals surface area contributed by atoms with Crippen LogP contribution in [0.1, 0.15) is 6.92 Å². The van der Waals surface area contributed by atoms with Gasteiger partial charge in [-0.3, -0.25) is 14.4 Å². The molecule has 0 aromatic rings. The van der Waals surface area contributed by atoms with Gasteiger partial charge in [0, 0.05) is 6.92 Å². The van der Waals surface area contributed by atoms with Gasteiger partial charge in [-0.1, -0.05) is 36.5 Å². The van der Waals surface area contributed by atoms with Gasteiger partial charge in [-0.2, -0.15) is 0 Å². The summed E-state index contributed by atoms with van der Waals surface area (Å²) in [6, 6.07) is 0. The zero-order valence-electron chi connectivity index (χ0n) is 9.66. The molecule has 0 bridgehead atoms. The number of carbonyl (C=O) groups excluding carboxylic acids is 1. The molecule has 3 N–H and O–H groups in total. The highest BCUT2D eigenvalue weighted by atomic mass is 16.4. The minimum atomic E-state index is -1.80. The molecule has 0 atom stereocenters. The van der Waals surface area contributed by atoms with Crippen molar-refractivity contribution >= 4 is 17.8 Å². The van der Waals surface area contributed by atoms with Crippen LogP contribution in [0.3, 0.4) is 0 Å². The second-order valence-corrected chi connectivity index (χ2v) is 3.83. The van der Waals surface area contributed by atoms with Crippen LogP contribution in [-0.2, 0) is 14.4 Å². The molecule has 1 aliphatic carbocycles. The molecule has 0 saturated heterocycles. The van der Waals surface area contributed by atoms with Gasteiger partial charge >= 0.3 is 11.9 Å². The Hall–Kier alpha value is -2.37. The second kappa shape index (κ2) is 5.31. The van der Waals surface area contributed by atoms with Crippen molar-refractivity contribution in [2.75, 3.05) is 0 Å². The van der Waals surface area contributed by atoms with Crippen LogP contribution in [0.2, 0.25) is 0 Å². The van der Waals surface area contributed by atoms with E-state index in [9.17, 15) is 14.4 Å². The summed E-state index contributed by atoms with van der Waals surface area (Å²) >= 11 is 0.